The van der Waals surface area contributed by atoms with Gasteiger partial charge in [0, 0.05) is 6.20 Å². The highest BCUT2D eigenvalue weighted by atomic mass is 79.9. The third-order valence-electron chi connectivity index (χ3n) is 1.61. The maximum Gasteiger partial charge on any atom is 0.242 e. The molecule has 4 nitrogen and oxygen atoms in total. The molecule has 1 aromatic rings. The SMILES string of the molecule is CCC(C(N)=O)n1ccc(Br)n1. The summed E-state index contributed by atoms with van der Waals surface area (Å²) in [6.45, 7) is 1.89. The van der Waals surface area contributed by atoms with E-state index in [0.717, 1.165) is 0 Å². The molecule has 1 heterocycles. The Kier molecular flexibility index (Phi) is 2.86. The van der Waals surface area contributed by atoms with Crippen molar-refractivity contribution in [3.63, 3.8) is 0 Å². The first kappa shape index (κ1) is 9.25. The van der Waals surface area contributed by atoms with E-state index in [9.17, 15) is 4.79 Å². The second-order valence-electron chi connectivity index (χ2n) is 2.44. The lowest BCUT2D eigenvalue weighted by atomic mass is 10.2. The zero-order chi connectivity index (χ0) is 9.14. The number of amides is 1. The fourth-order valence-corrected chi connectivity index (χ4v) is 1.31. The molecule has 0 radical (unpaired) electrons. The van der Waals surface area contributed by atoms with Gasteiger partial charge in [-0.1, -0.05) is 6.92 Å². The average molecular weight is 232 g/mol. The summed E-state index contributed by atoms with van der Waals surface area (Å²) in [5.41, 5.74) is 5.17. The first-order chi connectivity index (χ1) is 5.65. The molecule has 1 rings (SSSR count). The molecule has 0 bridgehead atoms. The van der Waals surface area contributed by atoms with Crippen molar-refractivity contribution >= 4 is 21.8 Å². The Morgan fingerprint density at radius 2 is 2.58 bits per heavy atom. The Balaban J connectivity index is 2.87. The molecule has 1 amide bonds. The summed E-state index contributed by atoms with van der Waals surface area (Å²) in [6, 6.07) is 1.43. The normalized spacial score (nSPS) is 12.8. The van der Waals surface area contributed by atoms with Crippen LogP contribution in [0.1, 0.15) is 19.4 Å². The van der Waals surface area contributed by atoms with Crippen molar-refractivity contribution in [1.29, 1.82) is 0 Å². The molecule has 2 N–H and O–H groups in total. The molecule has 0 aromatic carbocycles. The third-order valence-corrected chi connectivity index (χ3v) is 2.03. The number of hydrogen-bond donors (Lipinski definition) is 1. The zero-order valence-electron chi connectivity index (χ0n) is 6.70. The van der Waals surface area contributed by atoms with Crippen LogP contribution in [0, 0.1) is 0 Å². The first-order valence-electron chi connectivity index (χ1n) is 3.65. The van der Waals surface area contributed by atoms with Gasteiger partial charge < -0.3 is 5.73 Å². The number of carbonyl (C=O) groups excluding carboxylic acids is 1. The number of halogens is 1. The summed E-state index contributed by atoms with van der Waals surface area (Å²) in [7, 11) is 0. The molecule has 0 spiro atoms. The second-order valence-corrected chi connectivity index (χ2v) is 3.26. The molecule has 66 valence electrons. The van der Waals surface area contributed by atoms with Crippen LogP contribution >= 0.6 is 15.9 Å². The molecule has 0 saturated heterocycles. The van der Waals surface area contributed by atoms with E-state index in [0.29, 0.717) is 11.0 Å². The topological polar surface area (TPSA) is 60.9 Å². The van der Waals surface area contributed by atoms with Gasteiger partial charge in [0.15, 0.2) is 0 Å². The molecule has 0 aliphatic rings. The minimum absolute atomic E-state index is 0.337. The van der Waals surface area contributed by atoms with Gasteiger partial charge >= 0.3 is 0 Å². The second kappa shape index (κ2) is 3.71. The van der Waals surface area contributed by atoms with Crippen LogP contribution in [0.3, 0.4) is 0 Å². The van der Waals surface area contributed by atoms with Crippen molar-refractivity contribution in [2.24, 2.45) is 5.73 Å². The fraction of sp³-hybridized carbons (Fsp3) is 0.429. The van der Waals surface area contributed by atoms with Crippen molar-refractivity contribution < 1.29 is 4.79 Å². The van der Waals surface area contributed by atoms with E-state index in [4.69, 9.17) is 5.73 Å². The van der Waals surface area contributed by atoms with E-state index in [1.54, 1.807) is 16.9 Å². The summed E-state index contributed by atoms with van der Waals surface area (Å²) in [5, 5.41) is 4.04. The Labute approximate surface area is 78.9 Å². The third kappa shape index (κ3) is 1.85. The van der Waals surface area contributed by atoms with E-state index >= 15 is 0 Å². The van der Waals surface area contributed by atoms with E-state index in [2.05, 4.69) is 21.0 Å². The van der Waals surface area contributed by atoms with Gasteiger partial charge in [-0.05, 0) is 28.4 Å². The molecule has 12 heavy (non-hydrogen) atoms. The van der Waals surface area contributed by atoms with Crippen LogP contribution in [0.15, 0.2) is 16.9 Å². The van der Waals surface area contributed by atoms with E-state index < -0.39 is 0 Å². The molecule has 1 unspecified atom stereocenters. The van der Waals surface area contributed by atoms with Crippen LogP contribution < -0.4 is 5.73 Å². The summed E-state index contributed by atoms with van der Waals surface area (Å²) < 4.78 is 2.27. The Bertz CT molecular complexity index is 284. The molecule has 0 aliphatic heterocycles. The maximum atomic E-state index is 10.9. The minimum atomic E-state index is -0.354. The highest BCUT2D eigenvalue weighted by molar-refractivity contribution is 9.10. The molecule has 1 aromatic heterocycles. The summed E-state index contributed by atoms with van der Waals surface area (Å²) in [5.74, 6) is -0.354. The summed E-state index contributed by atoms with van der Waals surface area (Å²) in [6.07, 6.45) is 2.38. The standard InChI is InChI=1S/C7H10BrN3O/c1-2-5(7(9)12)11-4-3-6(8)10-11/h3-5H,2H2,1H3,(H2,9,12). The number of primary amides is 1. The predicted molar refractivity (Wildman–Crippen MR) is 48.4 cm³/mol. The maximum absolute atomic E-state index is 10.9. The van der Waals surface area contributed by atoms with Crippen LogP contribution in [0.2, 0.25) is 0 Å². The quantitative estimate of drug-likeness (QED) is 0.847. The van der Waals surface area contributed by atoms with Crippen LogP contribution in [-0.2, 0) is 4.79 Å². The van der Waals surface area contributed by atoms with E-state index in [-0.39, 0.29) is 11.9 Å². The Hall–Kier alpha value is -0.840. The van der Waals surface area contributed by atoms with Gasteiger partial charge in [-0.15, -0.1) is 0 Å². The van der Waals surface area contributed by atoms with Gasteiger partial charge in [0.05, 0.1) is 0 Å². The van der Waals surface area contributed by atoms with Gasteiger partial charge in [-0.2, -0.15) is 5.10 Å². The minimum Gasteiger partial charge on any atom is -0.368 e. The lowest BCUT2D eigenvalue weighted by molar-refractivity contribution is -0.121. The number of aromatic nitrogens is 2. The van der Waals surface area contributed by atoms with Crippen molar-refractivity contribution in [2.45, 2.75) is 19.4 Å². The number of nitrogens with two attached hydrogens (primary N) is 1. The number of carbonyl (C=O) groups is 1. The van der Waals surface area contributed by atoms with Crippen molar-refractivity contribution in [1.82, 2.24) is 9.78 Å². The van der Waals surface area contributed by atoms with E-state index in [1.165, 1.54) is 0 Å². The van der Waals surface area contributed by atoms with Crippen LogP contribution in [0.4, 0.5) is 0 Å². The van der Waals surface area contributed by atoms with Gasteiger partial charge in [-0.25, -0.2) is 0 Å². The lowest BCUT2D eigenvalue weighted by Gasteiger charge is -2.10. The smallest absolute Gasteiger partial charge is 0.242 e. The largest absolute Gasteiger partial charge is 0.368 e. The molecule has 0 saturated carbocycles. The molecule has 0 fully saturated rings. The number of rotatable bonds is 3. The molecular weight excluding hydrogens is 222 g/mol. The summed E-state index contributed by atoms with van der Waals surface area (Å²) >= 11 is 3.19. The number of hydrogen-bond acceptors (Lipinski definition) is 2. The van der Waals surface area contributed by atoms with Crippen molar-refractivity contribution in [3.05, 3.63) is 16.9 Å². The highest BCUT2D eigenvalue weighted by Crippen LogP contribution is 2.12. The lowest BCUT2D eigenvalue weighted by Crippen LogP contribution is -2.26. The monoisotopic (exact) mass is 231 g/mol. The van der Waals surface area contributed by atoms with Gasteiger partial charge in [0.25, 0.3) is 0 Å². The molecule has 5 heteroatoms. The van der Waals surface area contributed by atoms with Gasteiger partial charge in [0.1, 0.15) is 10.6 Å². The average Bonchev–Trinajstić information content (AvgIpc) is 2.37. The van der Waals surface area contributed by atoms with Crippen molar-refractivity contribution in [3.8, 4) is 0 Å². The Morgan fingerprint density at radius 1 is 1.92 bits per heavy atom. The molecule has 1 atom stereocenters. The van der Waals surface area contributed by atoms with Crippen LogP contribution in [-0.4, -0.2) is 15.7 Å². The van der Waals surface area contributed by atoms with Crippen molar-refractivity contribution in [2.75, 3.05) is 0 Å². The summed E-state index contributed by atoms with van der Waals surface area (Å²) in [4.78, 5) is 10.9. The van der Waals surface area contributed by atoms with Gasteiger partial charge in [0.2, 0.25) is 5.91 Å². The highest BCUT2D eigenvalue weighted by Gasteiger charge is 2.15. The Morgan fingerprint density at radius 3 is 2.92 bits per heavy atom. The molecular formula is C7H10BrN3O. The predicted octanol–water partition coefficient (Wildman–Crippen LogP) is 1.08. The van der Waals surface area contributed by atoms with E-state index in [1.807, 2.05) is 6.92 Å². The zero-order valence-corrected chi connectivity index (χ0v) is 8.28. The van der Waals surface area contributed by atoms with Crippen LogP contribution in [0.25, 0.3) is 0 Å². The van der Waals surface area contributed by atoms with Gasteiger partial charge in [-0.3, -0.25) is 9.48 Å². The fourth-order valence-electron chi connectivity index (χ4n) is 1.01. The van der Waals surface area contributed by atoms with Crippen LogP contribution in [0.5, 0.6) is 0 Å². The first-order valence-corrected chi connectivity index (χ1v) is 4.44. The number of nitrogens with zero attached hydrogens (tertiary/aromatic N) is 2. The molecule has 0 aliphatic carbocycles.